The monoisotopic (exact) mass is 294 g/mol. The third-order valence-corrected chi connectivity index (χ3v) is 3.97. The smallest absolute Gasteiger partial charge is 0.326 e. The van der Waals surface area contributed by atoms with Gasteiger partial charge >= 0.3 is 5.97 Å². The van der Waals surface area contributed by atoms with E-state index >= 15 is 0 Å². The van der Waals surface area contributed by atoms with Crippen molar-refractivity contribution >= 4 is 5.97 Å². The summed E-state index contributed by atoms with van der Waals surface area (Å²) in [5.74, 6) is 1.54. The molecule has 1 N–H and O–H groups in total. The van der Waals surface area contributed by atoms with E-state index < -0.39 is 5.54 Å². The van der Waals surface area contributed by atoms with Crippen LogP contribution in [-0.2, 0) is 9.53 Å². The fourth-order valence-electron chi connectivity index (χ4n) is 3.31. The van der Waals surface area contributed by atoms with E-state index in [0.29, 0.717) is 13.0 Å². The predicted molar refractivity (Wildman–Crippen MR) is 80.0 cm³/mol. The van der Waals surface area contributed by atoms with E-state index in [2.05, 4.69) is 29.2 Å². The lowest BCUT2D eigenvalue weighted by molar-refractivity contribution is -0.151. The zero-order valence-electron chi connectivity index (χ0n) is 13.6. The largest absolute Gasteiger partial charge is 0.465 e. The second-order valence-corrected chi connectivity index (χ2v) is 6.15. The minimum Gasteiger partial charge on any atom is -0.465 e. The molecule has 1 aromatic heterocycles. The average Bonchev–Trinajstić information content (AvgIpc) is 2.93. The Hall–Kier alpha value is -1.43. The predicted octanol–water partition coefficient (Wildman–Crippen LogP) is 1.92. The number of hydrogen-bond donors (Lipinski definition) is 1. The van der Waals surface area contributed by atoms with Gasteiger partial charge in [0.2, 0.25) is 0 Å². The van der Waals surface area contributed by atoms with Gasteiger partial charge in [-0.25, -0.2) is 9.67 Å². The Kier molecular flexibility index (Phi) is 4.66. The zero-order chi connectivity index (χ0) is 15.6. The molecule has 6 heteroatoms. The van der Waals surface area contributed by atoms with Gasteiger partial charge in [0.15, 0.2) is 0 Å². The molecule has 1 aromatic rings. The summed E-state index contributed by atoms with van der Waals surface area (Å²) in [7, 11) is 0. The number of ether oxygens (including phenoxy) is 1. The van der Waals surface area contributed by atoms with E-state index in [1.165, 1.54) is 0 Å². The first kappa shape index (κ1) is 15.9. The molecule has 0 bridgehead atoms. The first-order valence-corrected chi connectivity index (χ1v) is 7.72. The molecule has 1 saturated carbocycles. The second kappa shape index (κ2) is 6.13. The molecule has 0 radical (unpaired) electrons. The first-order chi connectivity index (χ1) is 9.88. The quantitative estimate of drug-likeness (QED) is 0.840. The fraction of sp³-hybridized carbons (Fsp3) is 0.800. The maximum atomic E-state index is 12.4. The Morgan fingerprint density at radius 3 is 2.76 bits per heavy atom. The van der Waals surface area contributed by atoms with Gasteiger partial charge in [0.05, 0.1) is 12.6 Å². The molecule has 1 aliphatic rings. The molecule has 2 unspecified atom stereocenters. The second-order valence-electron chi connectivity index (χ2n) is 6.15. The van der Waals surface area contributed by atoms with Crippen LogP contribution in [0, 0.1) is 13.8 Å². The normalized spacial score (nSPS) is 25.5. The molecule has 2 atom stereocenters. The summed E-state index contributed by atoms with van der Waals surface area (Å²) < 4.78 is 7.26. The number of aryl methyl sites for hydroxylation is 2. The van der Waals surface area contributed by atoms with Crippen molar-refractivity contribution < 1.29 is 9.53 Å². The van der Waals surface area contributed by atoms with E-state index in [9.17, 15) is 4.79 Å². The van der Waals surface area contributed by atoms with Crippen molar-refractivity contribution in [1.29, 1.82) is 0 Å². The van der Waals surface area contributed by atoms with Gasteiger partial charge in [-0.2, -0.15) is 5.10 Å². The van der Waals surface area contributed by atoms with Crippen LogP contribution in [0.25, 0.3) is 0 Å². The summed E-state index contributed by atoms with van der Waals surface area (Å²) in [5, 5.41) is 7.90. The van der Waals surface area contributed by atoms with Crippen LogP contribution in [0.1, 0.15) is 57.7 Å². The Morgan fingerprint density at radius 1 is 1.52 bits per heavy atom. The third kappa shape index (κ3) is 3.26. The van der Waals surface area contributed by atoms with Crippen LogP contribution in [0.4, 0.5) is 0 Å². The highest BCUT2D eigenvalue weighted by atomic mass is 16.5. The number of hydrogen-bond acceptors (Lipinski definition) is 5. The van der Waals surface area contributed by atoms with Gasteiger partial charge in [0.25, 0.3) is 0 Å². The molecule has 0 amide bonds. The average molecular weight is 294 g/mol. The number of carbonyl (C=O) groups excluding carboxylic acids is 1. The van der Waals surface area contributed by atoms with Crippen molar-refractivity contribution in [1.82, 2.24) is 20.1 Å². The summed E-state index contributed by atoms with van der Waals surface area (Å²) >= 11 is 0. The van der Waals surface area contributed by atoms with Crippen LogP contribution in [0.3, 0.4) is 0 Å². The lowest BCUT2D eigenvalue weighted by Crippen LogP contribution is -2.53. The summed E-state index contributed by atoms with van der Waals surface area (Å²) in [4.78, 5) is 16.8. The van der Waals surface area contributed by atoms with Gasteiger partial charge in [-0.05, 0) is 53.9 Å². The topological polar surface area (TPSA) is 69.0 Å². The van der Waals surface area contributed by atoms with Gasteiger partial charge in [0, 0.05) is 6.04 Å². The number of rotatable bonds is 5. The SMILES string of the molecule is CCOC(=O)C1(NC(C)C)CCC(n2nc(C)nc2C)C1. The Morgan fingerprint density at radius 2 is 2.24 bits per heavy atom. The van der Waals surface area contributed by atoms with E-state index in [0.717, 1.165) is 24.5 Å². The molecule has 1 aliphatic carbocycles. The minimum absolute atomic E-state index is 0.143. The van der Waals surface area contributed by atoms with Crippen molar-refractivity contribution in [3.63, 3.8) is 0 Å². The molecule has 1 heterocycles. The van der Waals surface area contributed by atoms with Crippen molar-refractivity contribution in [2.24, 2.45) is 0 Å². The molecule has 1 fully saturated rings. The summed E-state index contributed by atoms with van der Waals surface area (Å²) in [6.07, 6.45) is 2.38. The van der Waals surface area contributed by atoms with Crippen LogP contribution in [0.2, 0.25) is 0 Å². The summed E-state index contributed by atoms with van der Waals surface area (Å²) in [6.45, 7) is 10.2. The van der Waals surface area contributed by atoms with Gasteiger partial charge in [-0.15, -0.1) is 0 Å². The summed E-state index contributed by atoms with van der Waals surface area (Å²) in [5.41, 5.74) is -0.596. The molecular formula is C15H26N4O2. The van der Waals surface area contributed by atoms with E-state index in [1.807, 2.05) is 25.5 Å². The number of esters is 1. The van der Waals surface area contributed by atoms with E-state index in [4.69, 9.17) is 4.74 Å². The van der Waals surface area contributed by atoms with E-state index in [-0.39, 0.29) is 18.1 Å². The Labute approximate surface area is 126 Å². The van der Waals surface area contributed by atoms with Crippen LogP contribution in [-0.4, -0.2) is 38.9 Å². The number of aromatic nitrogens is 3. The van der Waals surface area contributed by atoms with Crippen molar-refractivity contribution in [3.8, 4) is 0 Å². The van der Waals surface area contributed by atoms with Gasteiger partial charge in [-0.1, -0.05) is 0 Å². The Bertz CT molecular complexity index is 512. The maximum absolute atomic E-state index is 12.4. The maximum Gasteiger partial charge on any atom is 0.326 e. The Balaban J connectivity index is 2.21. The van der Waals surface area contributed by atoms with Crippen LogP contribution < -0.4 is 5.32 Å². The van der Waals surface area contributed by atoms with Gasteiger partial charge < -0.3 is 4.74 Å². The lowest BCUT2D eigenvalue weighted by atomic mass is 9.96. The van der Waals surface area contributed by atoms with Gasteiger partial charge in [0.1, 0.15) is 17.2 Å². The van der Waals surface area contributed by atoms with Crippen molar-refractivity contribution in [3.05, 3.63) is 11.6 Å². The fourth-order valence-corrected chi connectivity index (χ4v) is 3.31. The molecule has 21 heavy (non-hydrogen) atoms. The third-order valence-electron chi connectivity index (χ3n) is 3.97. The van der Waals surface area contributed by atoms with Crippen molar-refractivity contribution in [2.75, 3.05) is 6.61 Å². The summed E-state index contributed by atoms with van der Waals surface area (Å²) in [6, 6.07) is 0.425. The number of nitrogens with one attached hydrogen (secondary N) is 1. The highest BCUT2D eigenvalue weighted by Crippen LogP contribution is 2.39. The standard InChI is InChI=1S/C15H26N4O2/c1-6-21-14(20)15(17-10(2)3)8-7-13(9-15)19-12(5)16-11(4)18-19/h10,13,17H,6-9H2,1-5H3. The molecule has 6 nitrogen and oxygen atoms in total. The minimum atomic E-state index is -0.596. The number of nitrogens with zero attached hydrogens (tertiary/aromatic N) is 3. The molecule has 0 spiro atoms. The van der Waals surface area contributed by atoms with E-state index in [1.54, 1.807) is 0 Å². The number of carbonyl (C=O) groups is 1. The molecule has 0 saturated heterocycles. The molecule has 0 aliphatic heterocycles. The zero-order valence-corrected chi connectivity index (χ0v) is 13.6. The van der Waals surface area contributed by atoms with Gasteiger partial charge in [-0.3, -0.25) is 10.1 Å². The van der Waals surface area contributed by atoms with Crippen LogP contribution in [0.15, 0.2) is 0 Å². The molecular weight excluding hydrogens is 268 g/mol. The first-order valence-electron chi connectivity index (χ1n) is 7.72. The van der Waals surface area contributed by atoms with Crippen LogP contribution in [0.5, 0.6) is 0 Å². The highest BCUT2D eigenvalue weighted by molar-refractivity contribution is 5.81. The highest BCUT2D eigenvalue weighted by Gasteiger charge is 2.47. The van der Waals surface area contributed by atoms with Crippen molar-refractivity contribution in [2.45, 2.75) is 71.5 Å². The lowest BCUT2D eigenvalue weighted by Gasteiger charge is -2.30. The molecule has 2 rings (SSSR count). The van der Waals surface area contributed by atoms with Crippen LogP contribution >= 0.6 is 0 Å². The molecule has 0 aromatic carbocycles. The molecule has 118 valence electrons.